The number of hydrogen-bond donors (Lipinski definition) is 3. The third kappa shape index (κ3) is 10.4. The number of carbonyl (C=O) groups is 1. The van der Waals surface area contributed by atoms with E-state index in [-0.39, 0.29) is 30.6 Å². The fraction of sp³-hybridized carbons (Fsp3) is 0.579. The average Bonchev–Trinajstić information content (AvgIpc) is 2.59. The van der Waals surface area contributed by atoms with E-state index in [2.05, 4.69) is 48.2 Å². The molecule has 0 bridgehead atoms. The van der Waals surface area contributed by atoms with Gasteiger partial charge in [0.25, 0.3) is 5.91 Å². The average molecular weight is 491 g/mol. The molecule has 0 aliphatic rings. The molecule has 0 aliphatic heterocycles. The molecule has 0 heterocycles. The van der Waals surface area contributed by atoms with Gasteiger partial charge in [-0.1, -0.05) is 12.1 Å². The van der Waals surface area contributed by atoms with Crippen molar-refractivity contribution in [3.63, 3.8) is 0 Å². The van der Waals surface area contributed by atoms with Crippen molar-refractivity contribution < 1.29 is 9.53 Å². The molecule has 0 fully saturated rings. The van der Waals surface area contributed by atoms with Crippen molar-refractivity contribution in [3.05, 3.63) is 29.8 Å². The molecule has 0 saturated carbocycles. The van der Waals surface area contributed by atoms with Crippen LogP contribution in [0.5, 0.6) is 5.75 Å². The highest BCUT2D eigenvalue weighted by atomic mass is 127. The minimum atomic E-state index is -0.491. The van der Waals surface area contributed by atoms with E-state index in [9.17, 15) is 4.79 Å². The molecule has 0 atom stereocenters. The van der Waals surface area contributed by atoms with Crippen LogP contribution in [-0.4, -0.2) is 55.6 Å². The normalized spacial score (nSPS) is 11.5. The van der Waals surface area contributed by atoms with Crippen molar-refractivity contribution in [3.8, 4) is 5.75 Å². The fourth-order valence-electron chi connectivity index (χ4n) is 2.72. The van der Waals surface area contributed by atoms with E-state index in [1.807, 2.05) is 18.2 Å². The van der Waals surface area contributed by atoms with E-state index < -0.39 is 5.91 Å². The van der Waals surface area contributed by atoms with E-state index in [1.165, 1.54) is 0 Å². The summed E-state index contributed by atoms with van der Waals surface area (Å²) in [6.45, 7) is 11.1. The number of ether oxygens (including phenoxy) is 1. The zero-order valence-electron chi connectivity index (χ0n) is 17.0. The van der Waals surface area contributed by atoms with Gasteiger partial charge >= 0.3 is 0 Å². The Hall–Kier alpha value is -1.55. The SMILES string of the molecule is CN=C(NCCN(C(C)C)C(C)C)NCc1cccc(OCC(N)=O)c1.I. The van der Waals surface area contributed by atoms with Crippen LogP contribution in [0.3, 0.4) is 0 Å². The zero-order chi connectivity index (χ0) is 19.5. The van der Waals surface area contributed by atoms with Gasteiger partial charge in [0.1, 0.15) is 5.75 Å². The molecule has 154 valence electrons. The van der Waals surface area contributed by atoms with Crippen LogP contribution in [0, 0.1) is 0 Å². The number of amides is 1. The molecule has 1 amide bonds. The second-order valence-electron chi connectivity index (χ2n) is 6.68. The predicted molar refractivity (Wildman–Crippen MR) is 122 cm³/mol. The lowest BCUT2D eigenvalue weighted by molar-refractivity contribution is -0.119. The number of primary amides is 1. The predicted octanol–water partition coefficient (Wildman–Crippen LogP) is 1.95. The summed E-state index contributed by atoms with van der Waals surface area (Å²) in [5.41, 5.74) is 6.12. The molecule has 0 unspecified atom stereocenters. The number of guanidine groups is 1. The Morgan fingerprint density at radius 1 is 1.22 bits per heavy atom. The first kappa shape index (κ1) is 25.4. The third-order valence-corrected chi connectivity index (χ3v) is 3.95. The number of benzene rings is 1. The van der Waals surface area contributed by atoms with Crippen LogP contribution in [0.1, 0.15) is 33.3 Å². The summed E-state index contributed by atoms with van der Waals surface area (Å²) < 4.78 is 5.32. The van der Waals surface area contributed by atoms with E-state index in [0.29, 0.717) is 24.4 Å². The first-order chi connectivity index (χ1) is 12.3. The molecule has 4 N–H and O–H groups in total. The standard InChI is InChI=1S/C19H33N5O2.HI/c1-14(2)24(15(3)4)10-9-22-19(21-5)23-12-16-7-6-8-17(11-16)26-13-18(20)25;/h6-8,11,14-15H,9-10,12-13H2,1-5H3,(H2,20,25)(H2,21,22,23);1H. The number of nitrogens with two attached hydrogens (primary N) is 1. The summed E-state index contributed by atoms with van der Waals surface area (Å²) in [5.74, 6) is 0.881. The Morgan fingerprint density at radius 3 is 2.44 bits per heavy atom. The van der Waals surface area contributed by atoms with Crippen molar-refractivity contribution >= 4 is 35.8 Å². The lowest BCUT2D eigenvalue weighted by Crippen LogP contribution is -2.45. The van der Waals surface area contributed by atoms with Crippen LogP contribution in [0.2, 0.25) is 0 Å². The number of hydrogen-bond acceptors (Lipinski definition) is 4. The van der Waals surface area contributed by atoms with Crippen LogP contribution in [0.15, 0.2) is 29.3 Å². The molecule has 0 radical (unpaired) electrons. The minimum Gasteiger partial charge on any atom is -0.484 e. The van der Waals surface area contributed by atoms with Gasteiger partial charge in [-0.05, 0) is 45.4 Å². The summed E-state index contributed by atoms with van der Waals surface area (Å²) >= 11 is 0. The Kier molecular flexibility index (Phi) is 12.8. The third-order valence-electron chi connectivity index (χ3n) is 3.95. The highest BCUT2D eigenvalue weighted by Crippen LogP contribution is 2.13. The lowest BCUT2D eigenvalue weighted by Gasteiger charge is -2.30. The quantitative estimate of drug-likeness (QED) is 0.265. The maximum Gasteiger partial charge on any atom is 0.255 e. The van der Waals surface area contributed by atoms with Gasteiger partial charge in [-0.3, -0.25) is 14.7 Å². The van der Waals surface area contributed by atoms with Gasteiger partial charge in [-0.25, -0.2) is 0 Å². The monoisotopic (exact) mass is 491 g/mol. The van der Waals surface area contributed by atoms with Crippen molar-refractivity contribution in [2.24, 2.45) is 10.7 Å². The summed E-state index contributed by atoms with van der Waals surface area (Å²) in [7, 11) is 1.75. The van der Waals surface area contributed by atoms with Crippen LogP contribution >= 0.6 is 24.0 Å². The van der Waals surface area contributed by atoms with Crippen molar-refractivity contribution in [2.75, 3.05) is 26.7 Å². The smallest absolute Gasteiger partial charge is 0.255 e. The van der Waals surface area contributed by atoms with Crippen LogP contribution in [-0.2, 0) is 11.3 Å². The second-order valence-corrected chi connectivity index (χ2v) is 6.68. The number of nitrogens with one attached hydrogen (secondary N) is 2. The van der Waals surface area contributed by atoms with Crippen LogP contribution in [0.4, 0.5) is 0 Å². The van der Waals surface area contributed by atoms with Gasteiger partial charge in [-0.2, -0.15) is 0 Å². The highest BCUT2D eigenvalue weighted by Gasteiger charge is 2.12. The molecular formula is C19H34IN5O2. The first-order valence-corrected chi connectivity index (χ1v) is 9.03. The Bertz CT molecular complexity index is 585. The molecule has 27 heavy (non-hydrogen) atoms. The molecule has 0 saturated heterocycles. The minimum absolute atomic E-state index is 0. The van der Waals surface area contributed by atoms with Crippen LogP contribution < -0.4 is 21.1 Å². The van der Waals surface area contributed by atoms with Gasteiger partial charge in [0.2, 0.25) is 0 Å². The summed E-state index contributed by atoms with van der Waals surface area (Å²) in [6, 6.07) is 8.56. The maximum atomic E-state index is 10.8. The molecule has 1 aromatic rings. The van der Waals surface area contributed by atoms with E-state index in [0.717, 1.165) is 24.6 Å². The summed E-state index contributed by atoms with van der Waals surface area (Å²) in [5, 5.41) is 6.62. The number of carbonyl (C=O) groups excluding carboxylic acids is 1. The number of halogens is 1. The van der Waals surface area contributed by atoms with Gasteiger partial charge in [-0.15, -0.1) is 24.0 Å². The molecule has 1 rings (SSSR count). The maximum absolute atomic E-state index is 10.8. The topological polar surface area (TPSA) is 92.0 Å². The molecule has 1 aromatic carbocycles. The molecular weight excluding hydrogens is 457 g/mol. The Labute approximate surface area is 180 Å². The largest absolute Gasteiger partial charge is 0.484 e. The van der Waals surface area contributed by atoms with Crippen LogP contribution in [0.25, 0.3) is 0 Å². The van der Waals surface area contributed by atoms with Gasteiger partial charge in [0.05, 0.1) is 0 Å². The summed E-state index contributed by atoms with van der Waals surface area (Å²) in [4.78, 5) is 17.5. The number of rotatable bonds is 10. The van der Waals surface area contributed by atoms with E-state index in [1.54, 1.807) is 13.1 Å². The van der Waals surface area contributed by atoms with E-state index in [4.69, 9.17) is 10.5 Å². The molecule has 7 nitrogen and oxygen atoms in total. The van der Waals surface area contributed by atoms with Crippen molar-refractivity contribution in [2.45, 2.75) is 46.3 Å². The van der Waals surface area contributed by atoms with Gasteiger partial charge in [0, 0.05) is 38.8 Å². The molecule has 0 aromatic heterocycles. The number of nitrogens with zero attached hydrogens (tertiary/aromatic N) is 2. The lowest BCUT2D eigenvalue weighted by atomic mass is 10.2. The fourth-order valence-corrected chi connectivity index (χ4v) is 2.72. The zero-order valence-corrected chi connectivity index (χ0v) is 19.3. The highest BCUT2D eigenvalue weighted by molar-refractivity contribution is 14.0. The molecule has 0 aliphatic carbocycles. The molecule has 8 heteroatoms. The van der Waals surface area contributed by atoms with E-state index >= 15 is 0 Å². The van der Waals surface area contributed by atoms with Gasteiger partial charge < -0.3 is 21.1 Å². The van der Waals surface area contributed by atoms with Crippen molar-refractivity contribution in [1.29, 1.82) is 0 Å². The first-order valence-electron chi connectivity index (χ1n) is 9.03. The Balaban J connectivity index is 0.00000676. The number of aliphatic imine (C=N–C) groups is 1. The Morgan fingerprint density at radius 2 is 1.89 bits per heavy atom. The second kappa shape index (κ2) is 13.6. The van der Waals surface area contributed by atoms with Crippen molar-refractivity contribution in [1.82, 2.24) is 15.5 Å². The summed E-state index contributed by atoms with van der Waals surface area (Å²) in [6.07, 6.45) is 0. The molecule has 0 spiro atoms. The van der Waals surface area contributed by atoms with Gasteiger partial charge in [0.15, 0.2) is 12.6 Å².